The number of hydrogen-bond donors (Lipinski definition) is 0. The molecule has 0 N–H and O–H groups in total. The molecule has 0 saturated carbocycles. The molecule has 0 unspecified atom stereocenters. The van der Waals surface area contributed by atoms with Crippen LogP contribution in [-0.2, 0) is 4.74 Å². The second-order valence-corrected chi connectivity index (χ2v) is 6.93. The molecular formula is C20H26N2O4. The van der Waals surface area contributed by atoms with E-state index in [1.807, 2.05) is 12.1 Å². The second kappa shape index (κ2) is 8.10. The number of morpholine rings is 1. The first kappa shape index (κ1) is 17.4. The first-order chi connectivity index (χ1) is 12.8. The first-order valence-corrected chi connectivity index (χ1v) is 9.56. The van der Waals surface area contributed by atoms with E-state index in [0.717, 1.165) is 32.7 Å². The maximum absolute atomic E-state index is 12.5. The summed E-state index contributed by atoms with van der Waals surface area (Å²) in [6, 6.07) is 7.10. The van der Waals surface area contributed by atoms with Gasteiger partial charge in [-0.1, -0.05) is 12.5 Å². The molecule has 0 spiro atoms. The summed E-state index contributed by atoms with van der Waals surface area (Å²) < 4.78 is 17.5. The molecule has 0 amide bonds. The predicted octanol–water partition coefficient (Wildman–Crippen LogP) is 2.49. The molecule has 0 radical (unpaired) electrons. The van der Waals surface area contributed by atoms with Crippen LogP contribution in [0.5, 0.6) is 5.75 Å². The van der Waals surface area contributed by atoms with Crippen LogP contribution in [-0.4, -0.2) is 57.4 Å². The molecule has 2 aromatic rings. The fraction of sp³-hybridized carbons (Fsp3) is 0.550. The van der Waals surface area contributed by atoms with Gasteiger partial charge in [-0.2, -0.15) is 0 Å². The lowest BCUT2D eigenvalue weighted by molar-refractivity contribution is 0.120. The van der Waals surface area contributed by atoms with Gasteiger partial charge in [0.2, 0.25) is 0 Å². The monoisotopic (exact) mass is 358 g/mol. The van der Waals surface area contributed by atoms with Crippen molar-refractivity contribution in [1.82, 2.24) is 4.90 Å². The molecule has 2 aliphatic heterocycles. The van der Waals surface area contributed by atoms with Gasteiger partial charge in [-0.05, 0) is 38.1 Å². The average molecular weight is 358 g/mol. The summed E-state index contributed by atoms with van der Waals surface area (Å²) in [5.74, 6) is 1.24. The predicted molar refractivity (Wildman–Crippen MR) is 101 cm³/mol. The number of hydrogen-bond acceptors (Lipinski definition) is 6. The minimum absolute atomic E-state index is 0.0331. The standard InChI is InChI=1S/C20H26N2O4/c23-17-15-19(22-10-12-24-13-11-22)26-20-16(17)5-4-6-18(20)25-14-9-21-7-2-1-3-8-21/h4-6,15H,1-3,7-14H2. The number of ether oxygens (including phenoxy) is 2. The Morgan fingerprint density at radius 2 is 1.85 bits per heavy atom. The maximum Gasteiger partial charge on any atom is 0.200 e. The fourth-order valence-corrected chi connectivity index (χ4v) is 3.66. The van der Waals surface area contributed by atoms with Crippen molar-refractivity contribution in [3.63, 3.8) is 0 Å². The summed E-state index contributed by atoms with van der Waals surface area (Å²) in [6.45, 7) is 6.56. The molecule has 6 heteroatoms. The maximum atomic E-state index is 12.5. The number of likely N-dealkylation sites (tertiary alicyclic amines) is 1. The Bertz CT molecular complexity index is 792. The smallest absolute Gasteiger partial charge is 0.200 e. The van der Waals surface area contributed by atoms with Gasteiger partial charge >= 0.3 is 0 Å². The van der Waals surface area contributed by atoms with Crippen molar-refractivity contribution in [2.24, 2.45) is 0 Å². The van der Waals surface area contributed by atoms with E-state index in [1.165, 1.54) is 19.3 Å². The van der Waals surface area contributed by atoms with Gasteiger partial charge < -0.3 is 18.8 Å². The van der Waals surface area contributed by atoms with Crippen LogP contribution >= 0.6 is 0 Å². The molecule has 0 atom stereocenters. The third-order valence-corrected chi connectivity index (χ3v) is 5.14. The minimum atomic E-state index is -0.0331. The normalized spacial score (nSPS) is 19.0. The molecule has 4 rings (SSSR count). The summed E-state index contributed by atoms with van der Waals surface area (Å²) in [4.78, 5) is 17.0. The van der Waals surface area contributed by atoms with E-state index in [0.29, 0.717) is 42.4 Å². The zero-order chi connectivity index (χ0) is 17.8. The zero-order valence-electron chi connectivity index (χ0n) is 15.1. The van der Waals surface area contributed by atoms with Gasteiger partial charge in [-0.3, -0.25) is 9.69 Å². The quantitative estimate of drug-likeness (QED) is 0.819. The highest BCUT2D eigenvalue weighted by Gasteiger charge is 2.17. The number of anilines is 1. The van der Waals surface area contributed by atoms with E-state index < -0.39 is 0 Å². The summed E-state index contributed by atoms with van der Waals surface area (Å²) >= 11 is 0. The van der Waals surface area contributed by atoms with Gasteiger partial charge in [-0.15, -0.1) is 0 Å². The highest BCUT2D eigenvalue weighted by molar-refractivity contribution is 5.83. The topological polar surface area (TPSA) is 55.2 Å². The molecule has 0 bridgehead atoms. The summed E-state index contributed by atoms with van der Waals surface area (Å²) in [5.41, 5.74) is 0.509. The van der Waals surface area contributed by atoms with Crippen LogP contribution in [0.3, 0.4) is 0 Å². The molecule has 2 fully saturated rings. The Kier molecular flexibility index (Phi) is 5.41. The van der Waals surface area contributed by atoms with Gasteiger partial charge in [0.05, 0.1) is 18.6 Å². The highest BCUT2D eigenvalue weighted by Crippen LogP contribution is 2.28. The van der Waals surface area contributed by atoms with E-state index in [9.17, 15) is 4.79 Å². The van der Waals surface area contributed by atoms with Crippen molar-refractivity contribution in [1.29, 1.82) is 0 Å². The van der Waals surface area contributed by atoms with Crippen LogP contribution in [0.15, 0.2) is 33.5 Å². The Balaban J connectivity index is 1.53. The molecule has 3 heterocycles. The first-order valence-electron chi connectivity index (χ1n) is 9.56. The minimum Gasteiger partial charge on any atom is -0.488 e. The number of para-hydroxylation sites is 1. The van der Waals surface area contributed by atoms with E-state index in [4.69, 9.17) is 13.9 Å². The van der Waals surface area contributed by atoms with Crippen LogP contribution in [0, 0.1) is 0 Å². The number of rotatable bonds is 5. The second-order valence-electron chi connectivity index (χ2n) is 6.93. The molecule has 0 aliphatic carbocycles. The fourth-order valence-electron chi connectivity index (χ4n) is 3.66. The Morgan fingerprint density at radius 3 is 2.65 bits per heavy atom. The van der Waals surface area contributed by atoms with Crippen molar-refractivity contribution in [2.75, 3.05) is 57.4 Å². The van der Waals surface area contributed by atoms with E-state index in [1.54, 1.807) is 12.1 Å². The van der Waals surface area contributed by atoms with E-state index >= 15 is 0 Å². The van der Waals surface area contributed by atoms with Crippen LogP contribution in [0.2, 0.25) is 0 Å². The Hall–Kier alpha value is -2.05. The highest BCUT2D eigenvalue weighted by atomic mass is 16.5. The van der Waals surface area contributed by atoms with Crippen LogP contribution in [0.4, 0.5) is 5.88 Å². The third-order valence-electron chi connectivity index (χ3n) is 5.14. The van der Waals surface area contributed by atoms with Gasteiger partial charge in [0.25, 0.3) is 0 Å². The lowest BCUT2D eigenvalue weighted by Gasteiger charge is -2.27. The van der Waals surface area contributed by atoms with Crippen molar-refractivity contribution < 1.29 is 13.9 Å². The Labute approximate surface area is 153 Å². The van der Waals surface area contributed by atoms with Crippen molar-refractivity contribution in [2.45, 2.75) is 19.3 Å². The number of benzene rings is 1. The number of piperidine rings is 1. The molecule has 2 aliphatic rings. The van der Waals surface area contributed by atoms with Crippen LogP contribution in [0.25, 0.3) is 11.0 Å². The lowest BCUT2D eigenvalue weighted by Crippen LogP contribution is -2.36. The number of nitrogens with zero attached hydrogens (tertiary/aromatic N) is 2. The van der Waals surface area contributed by atoms with E-state index in [-0.39, 0.29) is 5.43 Å². The Morgan fingerprint density at radius 1 is 1.04 bits per heavy atom. The number of fused-ring (bicyclic) bond motifs is 1. The van der Waals surface area contributed by atoms with Gasteiger partial charge in [0.15, 0.2) is 22.6 Å². The molecule has 1 aromatic carbocycles. The van der Waals surface area contributed by atoms with Gasteiger partial charge in [0, 0.05) is 25.7 Å². The molecule has 2 saturated heterocycles. The molecule has 140 valence electrons. The average Bonchev–Trinajstić information content (AvgIpc) is 2.70. The SMILES string of the molecule is O=c1cc(N2CCOCC2)oc2c(OCCN3CCCCC3)cccc12. The van der Waals surface area contributed by atoms with Crippen LogP contribution < -0.4 is 15.1 Å². The van der Waals surface area contributed by atoms with Crippen molar-refractivity contribution in [3.05, 3.63) is 34.5 Å². The molecular weight excluding hydrogens is 332 g/mol. The zero-order valence-corrected chi connectivity index (χ0v) is 15.1. The summed E-state index contributed by atoms with van der Waals surface area (Å²) in [5, 5.41) is 0.567. The van der Waals surface area contributed by atoms with E-state index in [2.05, 4.69) is 9.80 Å². The van der Waals surface area contributed by atoms with Gasteiger partial charge in [0.1, 0.15) is 6.61 Å². The summed E-state index contributed by atoms with van der Waals surface area (Å²) in [7, 11) is 0. The summed E-state index contributed by atoms with van der Waals surface area (Å²) in [6.07, 6.45) is 3.87. The van der Waals surface area contributed by atoms with Gasteiger partial charge in [-0.25, -0.2) is 0 Å². The molecule has 26 heavy (non-hydrogen) atoms. The molecule has 6 nitrogen and oxygen atoms in total. The lowest BCUT2D eigenvalue weighted by atomic mass is 10.1. The van der Waals surface area contributed by atoms with Crippen LogP contribution in [0.1, 0.15) is 19.3 Å². The van der Waals surface area contributed by atoms with Crippen molar-refractivity contribution in [3.8, 4) is 5.75 Å². The van der Waals surface area contributed by atoms with Crippen molar-refractivity contribution >= 4 is 16.9 Å². The largest absolute Gasteiger partial charge is 0.488 e. The third kappa shape index (κ3) is 3.86. The molecule has 1 aromatic heterocycles.